The molecule has 100 valence electrons. The zero-order valence-corrected chi connectivity index (χ0v) is 11.2. The predicted molar refractivity (Wildman–Crippen MR) is 73.6 cm³/mol. The summed E-state index contributed by atoms with van der Waals surface area (Å²) in [5.74, 6) is 0.0626. The van der Waals surface area contributed by atoms with E-state index in [0.29, 0.717) is 12.2 Å². The molecule has 1 heterocycles. The number of methoxy groups -OCH3 is 1. The van der Waals surface area contributed by atoms with Crippen molar-refractivity contribution >= 4 is 5.78 Å². The highest BCUT2D eigenvalue weighted by Crippen LogP contribution is 2.14. The van der Waals surface area contributed by atoms with Gasteiger partial charge in [-0.25, -0.2) is 4.68 Å². The van der Waals surface area contributed by atoms with Gasteiger partial charge in [0.25, 0.3) is 0 Å². The molecule has 0 N–H and O–H groups in total. The maximum atomic E-state index is 12.2. The highest BCUT2D eigenvalue weighted by Gasteiger charge is 2.16. The van der Waals surface area contributed by atoms with Crippen LogP contribution < -0.4 is 0 Å². The molecule has 0 amide bonds. The molecule has 4 heteroatoms. The Morgan fingerprint density at radius 1 is 1.37 bits per heavy atom. The van der Waals surface area contributed by atoms with Gasteiger partial charge in [0.1, 0.15) is 0 Å². The van der Waals surface area contributed by atoms with Gasteiger partial charge in [-0.2, -0.15) is 5.10 Å². The summed E-state index contributed by atoms with van der Waals surface area (Å²) in [6.45, 7) is 2.51. The molecule has 4 nitrogen and oxygen atoms in total. The van der Waals surface area contributed by atoms with Crippen molar-refractivity contribution in [1.82, 2.24) is 9.78 Å². The van der Waals surface area contributed by atoms with Gasteiger partial charge in [0.05, 0.1) is 17.4 Å². The van der Waals surface area contributed by atoms with Crippen LogP contribution in [0.4, 0.5) is 0 Å². The van der Waals surface area contributed by atoms with Crippen LogP contribution in [0.25, 0.3) is 5.69 Å². The molecule has 0 bridgehead atoms. The van der Waals surface area contributed by atoms with Crippen LogP contribution in [0.15, 0.2) is 42.7 Å². The summed E-state index contributed by atoms with van der Waals surface area (Å²) in [5, 5.41) is 4.23. The molecule has 1 aromatic heterocycles. The van der Waals surface area contributed by atoms with Crippen LogP contribution in [-0.4, -0.2) is 29.3 Å². The zero-order chi connectivity index (χ0) is 13.7. The Hall–Kier alpha value is -1.94. The number of hydrogen-bond donors (Lipinski definition) is 0. The third-order valence-electron chi connectivity index (χ3n) is 3.09. The van der Waals surface area contributed by atoms with E-state index in [1.807, 2.05) is 37.3 Å². The zero-order valence-electron chi connectivity index (χ0n) is 11.2. The Kier molecular flexibility index (Phi) is 4.47. The van der Waals surface area contributed by atoms with Crippen molar-refractivity contribution in [2.24, 2.45) is 5.92 Å². The molecular weight excluding hydrogens is 240 g/mol. The number of carbonyl (C=O) groups is 1. The van der Waals surface area contributed by atoms with Crippen LogP contribution in [-0.2, 0) is 4.74 Å². The number of Topliss-reactive ketones (excluding diaryl/α,β-unsaturated/α-hetero) is 1. The summed E-state index contributed by atoms with van der Waals surface area (Å²) >= 11 is 0. The van der Waals surface area contributed by atoms with Crippen LogP contribution in [0, 0.1) is 5.92 Å². The summed E-state index contributed by atoms with van der Waals surface area (Å²) < 4.78 is 6.72. The maximum absolute atomic E-state index is 12.2. The molecule has 0 aliphatic heterocycles. The minimum Gasteiger partial charge on any atom is -0.385 e. The van der Waals surface area contributed by atoms with Crippen molar-refractivity contribution in [1.29, 1.82) is 0 Å². The Labute approximate surface area is 113 Å². The normalized spacial score (nSPS) is 12.3. The molecule has 0 radical (unpaired) electrons. The largest absolute Gasteiger partial charge is 0.385 e. The number of ether oxygens (including phenoxy) is 1. The fourth-order valence-corrected chi connectivity index (χ4v) is 1.88. The van der Waals surface area contributed by atoms with E-state index in [1.54, 1.807) is 24.2 Å². The Morgan fingerprint density at radius 2 is 2.11 bits per heavy atom. The van der Waals surface area contributed by atoms with Crippen molar-refractivity contribution in [3.63, 3.8) is 0 Å². The smallest absolute Gasteiger partial charge is 0.168 e. The van der Waals surface area contributed by atoms with Crippen molar-refractivity contribution in [2.75, 3.05) is 13.7 Å². The first kappa shape index (κ1) is 13.5. The van der Waals surface area contributed by atoms with E-state index in [1.165, 1.54) is 0 Å². The second-order valence-corrected chi connectivity index (χ2v) is 4.56. The summed E-state index contributed by atoms with van der Waals surface area (Å²) in [6, 6.07) is 9.75. The quantitative estimate of drug-likeness (QED) is 0.748. The Bertz CT molecular complexity index is 534. The summed E-state index contributed by atoms with van der Waals surface area (Å²) in [6.07, 6.45) is 4.13. The number of para-hydroxylation sites is 1. The molecule has 19 heavy (non-hydrogen) atoms. The lowest BCUT2D eigenvalue weighted by Crippen LogP contribution is -2.12. The van der Waals surface area contributed by atoms with E-state index in [4.69, 9.17) is 4.74 Å². The molecular formula is C15H18N2O2. The molecule has 1 aromatic carbocycles. The monoisotopic (exact) mass is 258 g/mol. The number of carbonyl (C=O) groups excluding carboxylic acids is 1. The lowest BCUT2D eigenvalue weighted by atomic mass is 9.99. The fourth-order valence-electron chi connectivity index (χ4n) is 1.88. The number of benzene rings is 1. The van der Waals surface area contributed by atoms with Crippen LogP contribution in [0.5, 0.6) is 0 Å². The maximum Gasteiger partial charge on any atom is 0.168 e. The molecule has 0 saturated heterocycles. The number of aromatic nitrogens is 2. The highest BCUT2D eigenvalue weighted by molar-refractivity contribution is 5.97. The molecule has 2 aromatic rings. The number of rotatable bonds is 6. The van der Waals surface area contributed by atoms with Crippen LogP contribution in [0.2, 0.25) is 0 Å². The van der Waals surface area contributed by atoms with Crippen LogP contribution in [0.1, 0.15) is 23.7 Å². The lowest BCUT2D eigenvalue weighted by molar-refractivity contribution is 0.0893. The Balaban J connectivity index is 2.11. The Morgan fingerprint density at radius 3 is 2.79 bits per heavy atom. The minimum absolute atomic E-state index is 0.0478. The van der Waals surface area contributed by atoms with Gasteiger partial charge >= 0.3 is 0 Å². The number of ketones is 1. The standard InChI is InChI=1S/C15H18N2O2/c1-12(8-9-19-2)15(18)13-10-16-17(11-13)14-6-4-3-5-7-14/h3-7,10-12H,8-9H2,1-2H3. The van der Waals surface area contributed by atoms with Gasteiger partial charge in [0.2, 0.25) is 0 Å². The first-order chi connectivity index (χ1) is 9.22. The summed E-state index contributed by atoms with van der Waals surface area (Å²) in [7, 11) is 1.64. The van der Waals surface area contributed by atoms with E-state index < -0.39 is 0 Å². The van der Waals surface area contributed by atoms with Gasteiger partial charge in [0, 0.05) is 25.8 Å². The van der Waals surface area contributed by atoms with Crippen LogP contribution in [0.3, 0.4) is 0 Å². The van der Waals surface area contributed by atoms with Crippen molar-refractivity contribution in [3.8, 4) is 5.69 Å². The molecule has 1 unspecified atom stereocenters. The van der Waals surface area contributed by atoms with Crippen molar-refractivity contribution < 1.29 is 9.53 Å². The third kappa shape index (κ3) is 3.29. The fraction of sp³-hybridized carbons (Fsp3) is 0.333. The van der Waals surface area contributed by atoms with Crippen molar-refractivity contribution in [2.45, 2.75) is 13.3 Å². The molecule has 0 aliphatic carbocycles. The van der Waals surface area contributed by atoms with E-state index >= 15 is 0 Å². The molecule has 2 rings (SSSR count). The van der Waals surface area contributed by atoms with Gasteiger partial charge in [-0.15, -0.1) is 0 Å². The summed E-state index contributed by atoms with van der Waals surface area (Å²) in [4.78, 5) is 12.2. The van der Waals surface area contributed by atoms with E-state index in [-0.39, 0.29) is 11.7 Å². The first-order valence-electron chi connectivity index (χ1n) is 6.35. The van der Waals surface area contributed by atoms with Crippen molar-refractivity contribution in [3.05, 3.63) is 48.3 Å². The second-order valence-electron chi connectivity index (χ2n) is 4.56. The highest BCUT2D eigenvalue weighted by atomic mass is 16.5. The van der Waals surface area contributed by atoms with E-state index in [9.17, 15) is 4.79 Å². The average Bonchev–Trinajstić information content (AvgIpc) is 2.94. The van der Waals surface area contributed by atoms with Gasteiger partial charge in [0.15, 0.2) is 5.78 Å². The lowest BCUT2D eigenvalue weighted by Gasteiger charge is -2.07. The molecule has 0 aliphatic rings. The molecule has 0 spiro atoms. The second kappa shape index (κ2) is 6.29. The molecule has 0 fully saturated rings. The predicted octanol–water partition coefficient (Wildman–Crippen LogP) is 2.73. The molecule has 0 saturated carbocycles. The average molecular weight is 258 g/mol. The minimum atomic E-state index is -0.0478. The number of nitrogens with zero attached hydrogens (tertiary/aromatic N) is 2. The molecule has 1 atom stereocenters. The first-order valence-corrected chi connectivity index (χ1v) is 6.35. The third-order valence-corrected chi connectivity index (χ3v) is 3.09. The van der Waals surface area contributed by atoms with Gasteiger partial charge in [-0.3, -0.25) is 4.79 Å². The van der Waals surface area contributed by atoms with E-state index in [0.717, 1.165) is 12.1 Å². The van der Waals surface area contributed by atoms with Gasteiger partial charge < -0.3 is 4.74 Å². The topological polar surface area (TPSA) is 44.1 Å². The van der Waals surface area contributed by atoms with Gasteiger partial charge in [-0.05, 0) is 18.6 Å². The summed E-state index contributed by atoms with van der Waals surface area (Å²) in [5.41, 5.74) is 1.60. The van der Waals surface area contributed by atoms with Gasteiger partial charge in [-0.1, -0.05) is 25.1 Å². The van der Waals surface area contributed by atoms with Crippen LogP contribution >= 0.6 is 0 Å². The number of hydrogen-bond acceptors (Lipinski definition) is 3. The van der Waals surface area contributed by atoms with E-state index in [2.05, 4.69) is 5.10 Å². The SMILES string of the molecule is COCCC(C)C(=O)c1cnn(-c2ccccc2)c1.